The molecule has 9 rings (SSSR count). The van der Waals surface area contributed by atoms with Crippen molar-refractivity contribution >= 4 is 44.4 Å². The van der Waals surface area contributed by atoms with Crippen LogP contribution in [0.3, 0.4) is 0 Å². The van der Waals surface area contributed by atoms with Gasteiger partial charge in [-0.3, -0.25) is 0 Å². The number of nitrogens with zero attached hydrogens (tertiary/aromatic N) is 2. The van der Waals surface area contributed by atoms with Gasteiger partial charge in [0.1, 0.15) is 0 Å². The summed E-state index contributed by atoms with van der Waals surface area (Å²) in [6.07, 6.45) is 13.4. The predicted molar refractivity (Wildman–Crippen MR) is 221 cm³/mol. The van der Waals surface area contributed by atoms with Gasteiger partial charge in [0.05, 0.1) is 22.8 Å². The molecule has 3 aromatic heterocycles. The molecule has 4 heteroatoms. The lowest BCUT2D eigenvalue weighted by atomic mass is 9.74. The van der Waals surface area contributed by atoms with Gasteiger partial charge in [-0.2, -0.15) is 0 Å². The predicted octanol–water partition coefficient (Wildman–Crippen LogP) is 12.5. The van der Waals surface area contributed by atoms with Crippen molar-refractivity contribution in [2.24, 2.45) is 10.8 Å². The second-order valence-electron chi connectivity index (χ2n) is 21.1. The van der Waals surface area contributed by atoms with E-state index in [1.54, 1.807) is 11.1 Å². The van der Waals surface area contributed by atoms with E-state index in [1.165, 1.54) is 120 Å². The molecule has 2 N–H and O–H groups in total. The van der Waals surface area contributed by atoms with Crippen LogP contribution in [0, 0.1) is 10.8 Å². The molecule has 2 aliphatic heterocycles. The molecule has 0 unspecified atom stereocenters. The number of aromatic nitrogens is 4. The smallest absolute Gasteiger partial charge is 0.0731 e. The van der Waals surface area contributed by atoms with E-state index < -0.39 is 0 Å². The fraction of sp³-hybridized carbons (Fsp3) is 0.583. The number of aromatic amines is 2. The number of H-pyrrole nitrogens is 2. The zero-order valence-corrected chi connectivity index (χ0v) is 34.4. The van der Waals surface area contributed by atoms with Crippen molar-refractivity contribution in [1.82, 2.24) is 19.9 Å². The molecule has 0 radical (unpaired) electrons. The highest BCUT2D eigenvalue weighted by molar-refractivity contribution is 6.02. The van der Waals surface area contributed by atoms with Crippen LogP contribution in [0.1, 0.15) is 189 Å². The van der Waals surface area contributed by atoms with E-state index in [0.717, 1.165) is 57.8 Å². The molecule has 0 spiro atoms. The number of aryl methyl sites for hydroxylation is 5. The SMILES string of the molecule is CC(C)(C)C1=C2CCCc3c2nc1c1c2nc(c4c5[nH]c(c(C(C)(C)C)c5CCC4)c4c5[nH]c3c(C(C)(C)C)c5CCC4)C(C(C)(C)C)=C2CCC1. The van der Waals surface area contributed by atoms with E-state index in [4.69, 9.17) is 9.97 Å². The van der Waals surface area contributed by atoms with Gasteiger partial charge in [-0.05, 0) is 149 Å². The first-order chi connectivity index (χ1) is 24.4. The summed E-state index contributed by atoms with van der Waals surface area (Å²) in [6.45, 7) is 29.1. The molecule has 0 aromatic carbocycles. The lowest BCUT2D eigenvalue weighted by Crippen LogP contribution is -2.17. The van der Waals surface area contributed by atoms with Crippen LogP contribution < -0.4 is 0 Å². The molecular weight excluding hydrogens is 633 g/mol. The molecule has 3 aromatic rings. The molecule has 8 bridgehead atoms. The summed E-state index contributed by atoms with van der Waals surface area (Å²) in [4.78, 5) is 20.3. The Hall–Kier alpha value is -3.40. The van der Waals surface area contributed by atoms with Gasteiger partial charge in [0.15, 0.2) is 0 Å². The molecule has 52 heavy (non-hydrogen) atoms. The number of rotatable bonds is 0. The van der Waals surface area contributed by atoms with Crippen LogP contribution in [0.15, 0.2) is 0 Å². The van der Waals surface area contributed by atoms with Crippen molar-refractivity contribution < 1.29 is 0 Å². The van der Waals surface area contributed by atoms with Gasteiger partial charge in [0.25, 0.3) is 0 Å². The van der Waals surface area contributed by atoms with E-state index in [-0.39, 0.29) is 21.7 Å². The maximum atomic E-state index is 5.88. The van der Waals surface area contributed by atoms with Crippen molar-refractivity contribution in [3.8, 4) is 0 Å². The Balaban J connectivity index is 1.60. The zero-order chi connectivity index (χ0) is 36.9. The molecule has 6 aliphatic rings. The van der Waals surface area contributed by atoms with Crippen LogP contribution in [0.4, 0.5) is 0 Å². The van der Waals surface area contributed by atoms with Crippen LogP contribution in [-0.4, -0.2) is 19.9 Å². The van der Waals surface area contributed by atoms with Crippen molar-refractivity contribution in [1.29, 1.82) is 0 Å². The third kappa shape index (κ3) is 4.90. The molecule has 0 atom stereocenters. The van der Waals surface area contributed by atoms with Gasteiger partial charge < -0.3 is 9.97 Å². The Kier molecular flexibility index (Phi) is 7.32. The summed E-state index contributed by atoms with van der Waals surface area (Å²) < 4.78 is 0. The maximum absolute atomic E-state index is 5.88. The van der Waals surface area contributed by atoms with Crippen LogP contribution in [0.2, 0.25) is 0 Å². The van der Waals surface area contributed by atoms with E-state index >= 15 is 0 Å². The van der Waals surface area contributed by atoms with Gasteiger partial charge >= 0.3 is 0 Å². The molecule has 4 nitrogen and oxygen atoms in total. The highest BCUT2D eigenvalue weighted by Gasteiger charge is 2.40. The number of hydrogen-bond donors (Lipinski definition) is 2. The first-order valence-electron chi connectivity index (χ1n) is 20.7. The Bertz CT molecular complexity index is 2320. The minimum Gasteiger partial charge on any atom is -0.354 e. The zero-order valence-electron chi connectivity index (χ0n) is 34.4. The quantitative estimate of drug-likeness (QED) is 0.246. The van der Waals surface area contributed by atoms with Crippen LogP contribution >= 0.6 is 0 Å². The molecule has 274 valence electrons. The van der Waals surface area contributed by atoms with Crippen molar-refractivity contribution in [3.05, 3.63) is 67.3 Å². The Morgan fingerprint density at radius 2 is 0.692 bits per heavy atom. The lowest BCUT2D eigenvalue weighted by molar-refractivity contribution is 0.563. The van der Waals surface area contributed by atoms with Gasteiger partial charge in [0, 0.05) is 38.8 Å². The van der Waals surface area contributed by atoms with Crippen LogP contribution in [0.25, 0.3) is 44.4 Å². The highest BCUT2D eigenvalue weighted by Crippen LogP contribution is 2.54. The minimum atomic E-state index is -0.0202. The number of hydrogen-bond acceptors (Lipinski definition) is 2. The summed E-state index contributed by atoms with van der Waals surface area (Å²) in [5.41, 5.74) is 28.5. The maximum Gasteiger partial charge on any atom is 0.0731 e. The minimum absolute atomic E-state index is 0.00610. The Morgan fingerprint density at radius 3 is 1.17 bits per heavy atom. The Labute approximate surface area is 312 Å². The first kappa shape index (κ1) is 34.4. The lowest BCUT2D eigenvalue weighted by Gasteiger charge is -2.28. The number of fused-ring (bicyclic) bond motifs is 8. The van der Waals surface area contributed by atoms with Crippen LogP contribution in [-0.2, 0) is 49.4 Å². The van der Waals surface area contributed by atoms with Gasteiger partial charge in [-0.25, -0.2) is 9.97 Å². The summed E-state index contributed by atoms with van der Waals surface area (Å²) >= 11 is 0. The number of nitrogens with one attached hydrogen (secondary N) is 2. The number of allylic oxidation sites excluding steroid dienone is 4. The van der Waals surface area contributed by atoms with Gasteiger partial charge in [0.2, 0.25) is 0 Å². The molecule has 4 aliphatic carbocycles. The van der Waals surface area contributed by atoms with Crippen LogP contribution in [0.5, 0.6) is 0 Å². The van der Waals surface area contributed by atoms with Gasteiger partial charge in [-0.15, -0.1) is 0 Å². The molecule has 0 saturated carbocycles. The third-order valence-corrected chi connectivity index (χ3v) is 13.1. The molecule has 5 heterocycles. The fourth-order valence-corrected chi connectivity index (χ4v) is 11.4. The second kappa shape index (κ2) is 11.1. The first-order valence-corrected chi connectivity index (χ1v) is 20.7. The fourth-order valence-electron chi connectivity index (χ4n) is 11.4. The average molecular weight is 695 g/mol. The monoisotopic (exact) mass is 694 g/mol. The molecule has 0 saturated heterocycles. The van der Waals surface area contributed by atoms with E-state index in [9.17, 15) is 0 Å². The Morgan fingerprint density at radius 1 is 0.346 bits per heavy atom. The third-order valence-electron chi connectivity index (χ3n) is 13.1. The summed E-state index contributed by atoms with van der Waals surface area (Å²) in [7, 11) is 0. The highest BCUT2D eigenvalue weighted by atomic mass is 14.8. The summed E-state index contributed by atoms with van der Waals surface area (Å²) in [5, 5.41) is 0. The average Bonchev–Trinajstić information content (AvgIpc) is 3.81. The van der Waals surface area contributed by atoms with E-state index in [1.807, 2.05) is 0 Å². The topological polar surface area (TPSA) is 57.4 Å². The largest absolute Gasteiger partial charge is 0.354 e. The van der Waals surface area contributed by atoms with Crippen molar-refractivity contribution in [3.63, 3.8) is 0 Å². The van der Waals surface area contributed by atoms with E-state index in [0.29, 0.717) is 0 Å². The molecule has 0 fully saturated rings. The normalized spacial score (nSPS) is 18.8. The second-order valence-corrected chi connectivity index (χ2v) is 21.1. The van der Waals surface area contributed by atoms with Crippen molar-refractivity contribution in [2.75, 3.05) is 0 Å². The molecule has 0 amide bonds. The van der Waals surface area contributed by atoms with E-state index in [2.05, 4.69) is 93.1 Å². The standard InChI is InChI=1S/C48H62N4/c1-45(2,3)33-25-17-13-22-30-37(25)49-41(33)29-21-14-18-26-34(46(4,5)6)43(50-38(26)29)31-23-16-20-28-36(48(10,11)12)44(52-40(28)31)32-24-15-19-27-35(47(7,8)9)42(30)51-39(27)32/h49-50H,13-24H2,1-12H3. The van der Waals surface area contributed by atoms with Gasteiger partial charge in [-0.1, -0.05) is 83.1 Å². The summed E-state index contributed by atoms with van der Waals surface area (Å²) in [5.74, 6) is 0. The molecular formula is C48H62N4. The summed E-state index contributed by atoms with van der Waals surface area (Å²) in [6, 6.07) is 0. The van der Waals surface area contributed by atoms with Crippen molar-refractivity contribution in [2.45, 2.75) is 171 Å².